The van der Waals surface area contributed by atoms with E-state index in [0.29, 0.717) is 22.8 Å². The first-order chi connectivity index (χ1) is 13.0. The number of rotatable bonds is 4. The third kappa shape index (κ3) is 2.61. The molecule has 0 aromatic heterocycles. The van der Waals surface area contributed by atoms with E-state index in [2.05, 4.69) is 5.16 Å². The van der Waals surface area contributed by atoms with Gasteiger partial charge in [-0.3, -0.25) is 9.59 Å². The highest BCUT2D eigenvalue weighted by atomic mass is 19.1. The molecule has 0 N–H and O–H groups in total. The first-order valence-electron chi connectivity index (χ1n) is 8.14. The lowest BCUT2D eigenvalue weighted by atomic mass is 9.93. The molecule has 0 saturated carbocycles. The van der Waals surface area contributed by atoms with Gasteiger partial charge in [0.2, 0.25) is 12.0 Å². The zero-order chi connectivity index (χ0) is 19.1. The fraction of sp³-hybridized carbons (Fsp3) is 0.211. The normalized spacial score (nSPS) is 21.0. The molecule has 27 heavy (non-hydrogen) atoms. The number of fused-ring (bicyclic) bond motifs is 1. The molecule has 2 heterocycles. The van der Waals surface area contributed by atoms with Crippen molar-refractivity contribution >= 4 is 23.2 Å². The summed E-state index contributed by atoms with van der Waals surface area (Å²) in [5.41, 5.74) is 1.08. The molecule has 2 aromatic carbocycles. The molecule has 2 unspecified atom stereocenters. The Hall–Kier alpha value is -3.42. The highest BCUT2D eigenvalue weighted by Gasteiger charge is 2.56. The van der Waals surface area contributed by atoms with E-state index in [1.54, 1.807) is 18.2 Å². The number of halogens is 1. The second-order valence-electron chi connectivity index (χ2n) is 6.03. The highest BCUT2D eigenvalue weighted by Crippen LogP contribution is 2.38. The minimum atomic E-state index is -1.06. The summed E-state index contributed by atoms with van der Waals surface area (Å²) in [6.45, 7) is 0. The molecular formula is C19H15FN2O5. The number of carbonyl (C=O) groups is 2. The molecule has 2 aromatic rings. The van der Waals surface area contributed by atoms with Crippen LogP contribution in [0.25, 0.3) is 0 Å². The highest BCUT2D eigenvalue weighted by molar-refractivity contribution is 6.32. The molecule has 2 aliphatic rings. The van der Waals surface area contributed by atoms with Crippen LogP contribution in [0.3, 0.4) is 0 Å². The number of nitrogens with zero attached hydrogens (tertiary/aromatic N) is 2. The molecule has 2 amide bonds. The monoisotopic (exact) mass is 370 g/mol. The Morgan fingerprint density at radius 3 is 2.44 bits per heavy atom. The smallest absolute Gasteiger partial charge is 0.278 e. The predicted molar refractivity (Wildman–Crippen MR) is 93.3 cm³/mol. The van der Waals surface area contributed by atoms with Crippen LogP contribution in [0.2, 0.25) is 0 Å². The van der Waals surface area contributed by atoms with E-state index in [-0.39, 0.29) is 5.69 Å². The van der Waals surface area contributed by atoms with Crippen LogP contribution in [0.5, 0.6) is 11.5 Å². The molecule has 0 spiro atoms. The van der Waals surface area contributed by atoms with E-state index in [4.69, 9.17) is 14.3 Å². The van der Waals surface area contributed by atoms with Crippen LogP contribution < -0.4 is 14.4 Å². The third-order valence-corrected chi connectivity index (χ3v) is 4.58. The number of carbonyl (C=O) groups excluding carboxylic acids is 2. The van der Waals surface area contributed by atoms with E-state index < -0.39 is 29.7 Å². The lowest BCUT2D eigenvalue weighted by molar-refractivity contribution is -0.126. The van der Waals surface area contributed by atoms with Crippen molar-refractivity contribution in [2.24, 2.45) is 11.1 Å². The summed E-state index contributed by atoms with van der Waals surface area (Å²) < 4.78 is 23.8. The van der Waals surface area contributed by atoms with Crippen molar-refractivity contribution in [2.75, 3.05) is 19.1 Å². The molecule has 7 nitrogen and oxygen atoms in total. The average Bonchev–Trinajstić information content (AvgIpc) is 3.22. The number of imide groups is 1. The van der Waals surface area contributed by atoms with Crippen LogP contribution in [0.4, 0.5) is 10.1 Å². The number of hydrogen-bond donors (Lipinski definition) is 0. The summed E-state index contributed by atoms with van der Waals surface area (Å²) in [7, 11) is 3.01. The van der Waals surface area contributed by atoms with Crippen molar-refractivity contribution in [3.63, 3.8) is 0 Å². The molecule has 0 bridgehead atoms. The van der Waals surface area contributed by atoms with Crippen LogP contribution in [0, 0.1) is 11.7 Å². The number of hydrogen-bond acceptors (Lipinski definition) is 6. The summed E-state index contributed by atoms with van der Waals surface area (Å²) >= 11 is 0. The van der Waals surface area contributed by atoms with Gasteiger partial charge in [0.1, 0.15) is 28.9 Å². The number of anilines is 1. The Kier molecular flexibility index (Phi) is 4.02. The van der Waals surface area contributed by atoms with Gasteiger partial charge >= 0.3 is 0 Å². The van der Waals surface area contributed by atoms with Gasteiger partial charge in [-0.2, -0.15) is 0 Å². The molecule has 138 valence electrons. The largest absolute Gasteiger partial charge is 0.497 e. The number of oxime groups is 1. The van der Waals surface area contributed by atoms with Crippen molar-refractivity contribution in [2.45, 2.75) is 6.10 Å². The van der Waals surface area contributed by atoms with Gasteiger partial charge < -0.3 is 14.3 Å². The molecule has 2 aliphatic heterocycles. The van der Waals surface area contributed by atoms with Crippen LogP contribution in [-0.4, -0.2) is 37.8 Å². The number of amides is 2. The van der Waals surface area contributed by atoms with E-state index in [1.807, 2.05) is 0 Å². The maximum atomic E-state index is 13.2. The predicted octanol–water partition coefficient (Wildman–Crippen LogP) is 2.14. The summed E-state index contributed by atoms with van der Waals surface area (Å²) in [5.74, 6) is -1.39. The Bertz CT molecular complexity index is 957. The SMILES string of the molecule is COc1ccc(OC)c(C2=NOC3C(=O)N(c4ccc(F)cc4)C(=O)C23)c1. The van der Waals surface area contributed by atoms with Crippen LogP contribution >= 0.6 is 0 Å². The minimum Gasteiger partial charge on any atom is -0.497 e. The van der Waals surface area contributed by atoms with Crippen molar-refractivity contribution in [3.8, 4) is 11.5 Å². The van der Waals surface area contributed by atoms with E-state index in [1.165, 1.54) is 38.5 Å². The molecule has 4 rings (SSSR count). The van der Waals surface area contributed by atoms with Gasteiger partial charge in [-0.15, -0.1) is 0 Å². The van der Waals surface area contributed by atoms with Crippen molar-refractivity contribution < 1.29 is 28.3 Å². The van der Waals surface area contributed by atoms with E-state index >= 15 is 0 Å². The second kappa shape index (κ2) is 6.39. The molecule has 0 radical (unpaired) electrons. The zero-order valence-electron chi connectivity index (χ0n) is 14.5. The maximum Gasteiger partial charge on any atom is 0.278 e. The van der Waals surface area contributed by atoms with Gasteiger partial charge in [-0.05, 0) is 42.5 Å². The third-order valence-electron chi connectivity index (χ3n) is 4.58. The Morgan fingerprint density at radius 1 is 1.04 bits per heavy atom. The Morgan fingerprint density at radius 2 is 1.78 bits per heavy atom. The first kappa shape index (κ1) is 17.0. The van der Waals surface area contributed by atoms with Gasteiger partial charge in [-0.25, -0.2) is 9.29 Å². The van der Waals surface area contributed by atoms with Gasteiger partial charge in [0.25, 0.3) is 5.91 Å². The summed E-state index contributed by atoms with van der Waals surface area (Å²) in [5, 5.41) is 3.97. The van der Waals surface area contributed by atoms with Crippen molar-refractivity contribution in [3.05, 3.63) is 53.8 Å². The molecule has 1 saturated heterocycles. The fourth-order valence-corrected chi connectivity index (χ4v) is 3.26. The van der Waals surface area contributed by atoms with Crippen LogP contribution in [-0.2, 0) is 14.4 Å². The van der Waals surface area contributed by atoms with Crippen molar-refractivity contribution in [1.29, 1.82) is 0 Å². The quantitative estimate of drug-likeness (QED) is 0.771. The standard InChI is InChI=1S/C19H15FN2O5/c1-25-12-7-8-14(26-2)13(9-12)16-15-17(27-21-16)19(24)22(18(15)23)11-5-3-10(20)4-6-11/h3-9,15,17H,1-2H3. The van der Waals surface area contributed by atoms with Gasteiger partial charge in [0.15, 0.2) is 0 Å². The minimum absolute atomic E-state index is 0.279. The Labute approximate surface area is 153 Å². The molecule has 1 fully saturated rings. The number of methoxy groups -OCH3 is 2. The van der Waals surface area contributed by atoms with Crippen molar-refractivity contribution in [1.82, 2.24) is 0 Å². The first-order valence-corrected chi connectivity index (χ1v) is 8.14. The van der Waals surface area contributed by atoms with Crippen LogP contribution in [0.15, 0.2) is 47.6 Å². The van der Waals surface area contributed by atoms with Gasteiger partial charge in [0.05, 0.1) is 19.9 Å². The number of ether oxygens (including phenoxy) is 2. The fourth-order valence-electron chi connectivity index (χ4n) is 3.26. The topological polar surface area (TPSA) is 77.4 Å². The average molecular weight is 370 g/mol. The van der Waals surface area contributed by atoms with Crippen LogP contribution in [0.1, 0.15) is 5.56 Å². The molecule has 2 atom stereocenters. The van der Waals surface area contributed by atoms with E-state index in [0.717, 1.165) is 4.90 Å². The maximum absolute atomic E-state index is 13.2. The second-order valence-corrected chi connectivity index (χ2v) is 6.03. The lowest BCUT2D eigenvalue weighted by Gasteiger charge is -2.16. The lowest BCUT2D eigenvalue weighted by Crippen LogP contribution is -2.33. The summed E-state index contributed by atoms with van der Waals surface area (Å²) in [4.78, 5) is 32.0. The van der Waals surface area contributed by atoms with Gasteiger partial charge in [-0.1, -0.05) is 5.16 Å². The summed E-state index contributed by atoms with van der Waals surface area (Å²) in [6, 6.07) is 10.2. The molecule has 8 heteroatoms. The number of benzene rings is 2. The summed E-state index contributed by atoms with van der Waals surface area (Å²) in [6.07, 6.45) is -1.06. The zero-order valence-corrected chi connectivity index (χ0v) is 14.5. The molecular weight excluding hydrogens is 355 g/mol. The van der Waals surface area contributed by atoms with Gasteiger partial charge in [0, 0.05) is 5.56 Å². The Balaban J connectivity index is 1.73. The van der Waals surface area contributed by atoms with E-state index in [9.17, 15) is 14.0 Å². The molecule has 0 aliphatic carbocycles.